The van der Waals surface area contributed by atoms with Gasteiger partial charge in [0.1, 0.15) is 31.3 Å². The van der Waals surface area contributed by atoms with Crippen molar-refractivity contribution < 1.29 is 37.0 Å². The van der Waals surface area contributed by atoms with Crippen molar-refractivity contribution in [3.8, 4) is 11.5 Å². The summed E-state index contributed by atoms with van der Waals surface area (Å²) in [5.74, 6) is -0.117. The van der Waals surface area contributed by atoms with Crippen molar-refractivity contribution in [1.82, 2.24) is 5.32 Å². The molecular weight excluding hydrogens is 379 g/mol. The molecule has 6 nitrogen and oxygen atoms in total. The molecule has 1 N–H and O–H groups in total. The van der Waals surface area contributed by atoms with Gasteiger partial charge in [0.2, 0.25) is 0 Å². The summed E-state index contributed by atoms with van der Waals surface area (Å²) in [5, 5.41) is 2.28. The van der Waals surface area contributed by atoms with Gasteiger partial charge in [-0.15, -0.1) is 0 Å². The third kappa shape index (κ3) is 6.49. The zero-order valence-corrected chi connectivity index (χ0v) is 14.9. The fourth-order valence-electron chi connectivity index (χ4n) is 2.10. The molecule has 2 aromatic rings. The third-order valence-electron chi connectivity index (χ3n) is 3.54. The second-order valence-corrected chi connectivity index (χ2v) is 5.50. The molecule has 0 aliphatic rings. The monoisotopic (exact) mass is 397 g/mol. The van der Waals surface area contributed by atoms with Gasteiger partial charge >= 0.3 is 12.1 Å². The van der Waals surface area contributed by atoms with Gasteiger partial charge in [0.25, 0.3) is 5.91 Å². The molecule has 0 unspecified atom stereocenters. The zero-order chi connectivity index (χ0) is 20.6. The molecule has 0 saturated carbocycles. The summed E-state index contributed by atoms with van der Waals surface area (Å²) in [4.78, 5) is 23.4. The molecule has 0 aliphatic carbocycles. The van der Waals surface area contributed by atoms with Gasteiger partial charge in [-0.3, -0.25) is 9.59 Å². The van der Waals surface area contributed by atoms with Crippen LogP contribution in [0.15, 0.2) is 48.5 Å². The Hall–Kier alpha value is -3.23. The number of rotatable bonds is 8. The maximum Gasteiger partial charge on any atom is 0.416 e. The number of esters is 1. The molecule has 2 aromatic carbocycles. The van der Waals surface area contributed by atoms with Crippen LogP contribution in [-0.4, -0.2) is 38.7 Å². The number of amides is 1. The Morgan fingerprint density at radius 1 is 0.929 bits per heavy atom. The Kier molecular flexibility index (Phi) is 7.25. The Balaban J connectivity index is 1.68. The van der Waals surface area contributed by atoms with E-state index in [1.807, 2.05) is 0 Å². The fourth-order valence-corrected chi connectivity index (χ4v) is 2.10. The predicted molar refractivity (Wildman–Crippen MR) is 93.2 cm³/mol. The summed E-state index contributed by atoms with van der Waals surface area (Å²) in [6.07, 6.45) is -4.48. The van der Waals surface area contributed by atoms with E-state index in [1.54, 1.807) is 31.4 Å². The Morgan fingerprint density at radius 2 is 1.54 bits per heavy atom. The summed E-state index contributed by atoms with van der Waals surface area (Å²) in [7, 11) is 1.55. The molecule has 1 amide bonds. The Labute approximate surface area is 159 Å². The number of methoxy groups -OCH3 is 1. The minimum atomic E-state index is -4.48. The molecule has 9 heteroatoms. The van der Waals surface area contributed by atoms with Gasteiger partial charge in [-0.25, -0.2) is 0 Å². The van der Waals surface area contributed by atoms with Crippen molar-refractivity contribution in [3.63, 3.8) is 0 Å². The molecule has 0 bridgehead atoms. The topological polar surface area (TPSA) is 73.9 Å². The maximum atomic E-state index is 12.5. The number of ether oxygens (including phenoxy) is 3. The van der Waals surface area contributed by atoms with E-state index in [9.17, 15) is 22.8 Å². The smallest absolute Gasteiger partial charge is 0.416 e. The first-order chi connectivity index (χ1) is 13.3. The highest BCUT2D eigenvalue weighted by atomic mass is 19.4. The lowest BCUT2D eigenvalue weighted by atomic mass is 10.1. The normalized spacial score (nSPS) is 10.9. The summed E-state index contributed by atoms with van der Waals surface area (Å²) in [5.41, 5.74) is -0.857. The van der Waals surface area contributed by atoms with Crippen molar-refractivity contribution in [3.05, 3.63) is 59.7 Å². The first-order valence-electron chi connectivity index (χ1n) is 8.17. The molecule has 0 heterocycles. The van der Waals surface area contributed by atoms with Gasteiger partial charge in [-0.1, -0.05) is 0 Å². The van der Waals surface area contributed by atoms with E-state index in [-0.39, 0.29) is 18.8 Å². The van der Waals surface area contributed by atoms with Crippen molar-refractivity contribution in [2.24, 2.45) is 0 Å². The molecule has 0 atom stereocenters. The zero-order valence-electron chi connectivity index (χ0n) is 14.9. The Bertz CT molecular complexity index is 789. The van der Waals surface area contributed by atoms with Gasteiger partial charge in [-0.05, 0) is 48.5 Å². The van der Waals surface area contributed by atoms with E-state index < -0.39 is 30.2 Å². The fraction of sp³-hybridized carbons (Fsp3) is 0.263. The van der Waals surface area contributed by atoms with Crippen LogP contribution < -0.4 is 14.8 Å². The van der Waals surface area contributed by atoms with Crippen molar-refractivity contribution in [1.29, 1.82) is 0 Å². The number of hydrogen-bond donors (Lipinski definition) is 1. The van der Waals surface area contributed by atoms with Gasteiger partial charge in [0.05, 0.1) is 12.7 Å². The molecule has 2 rings (SSSR count). The van der Waals surface area contributed by atoms with E-state index in [0.29, 0.717) is 11.5 Å². The number of nitrogens with one attached hydrogen (secondary N) is 1. The largest absolute Gasteiger partial charge is 0.497 e. The van der Waals surface area contributed by atoms with Crippen molar-refractivity contribution in [2.75, 3.05) is 26.9 Å². The summed E-state index contributed by atoms with van der Waals surface area (Å²) < 4.78 is 52.8. The molecule has 0 fully saturated rings. The van der Waals surface area contributed by atoms with Crippen LogP contribution in [0.2, 0.25) is 0 Å². The highest BCUT2D eigenvalue weighted by molar-refractivity contribution is 5.95. The third-order valence-corrected chi connectivity index (χ3v) is 3.54. The highest BCUT2D eigenvalue weighted by Gasteiger charge is 2.30. The molecule has 0 spiro atoms. The second-order valence-electron chi connectivity index (χ2n) is 5.50. The molecular formula is C19H18F3NO5. The van der Waals surface area contributed by atoms with Gasteiger partial charge in [0, 0.05) is 5.56 Å². The molecule has 0 saturated heterocycles. The number of carbonyl (C=O) groups is 2. The van der Waals surface area contributed by atoms with Crippen LogP contribution in [-0.2, 0) is 15.7 Å². The van der Waals surface area contributed by atoms with Crippen molar-refractivity contribution >= 4 is 11.9 Å². The maximum absolute atomic E-state index is 12.5. The minimum Gasteiger partial charge on any atom is -0.497 e. The number of benzene rings is 2. The molecule has 28 heavy (non-hydrogen) atoms. The van der Waals surface area contributed by atoms with Crippen LogP contribution >= 0.6 is 0 Å². The molecule has 0 aromatic heterocycles. The summed E-state index contributed by atoms with van der Waals surface area (Å²) in [6.45, 7) is -0.325. The number of halogens is 3. The lowest BCUT2D eigenvalue weighted by Gasteiger charge is -2.09. The van der Waals surface area contributed by atoms with Crippen LogP contribution in [0.5, 0.6) is 11.5 Å². The number of alkyl halides is 3. The molecule has 150 valence electrons. The quantitative estimate of drug-likeness (QED) is 0.548. The SMILES string of the molecule is COc1ccc(OCCOC(=O)CNC(=O)c2ccc(C(F)(F)F)cc2)cc1. The van der Waals surface area contributed by atoms with E-state index in [1.165, 1.54) is 0 Å². The van der Waals surface area contributed by atoms with Crippen LogP contribution in [0.3, 0.4) is 0 Å². The van der Waals surface area contributed by atoms with E-state index in [4.69, 9.17) is 14.2 Å². The first kappa shape index (κ1) is 21.1. The predicted octanol–water partition coefficient (Wildman–Crippen LogP) is 3.07. The summed E-state index contributed by atoms with van der Waals surface area (Å²) >= 11 is 0. The van der Waals surface area contributed by atoms with E-state index >= 15 is 0 Å². The van der Waals surface area contributed by atoms with Gasteiger partial charge < -0.3 is 19.5 Å². The number of carbonyl (C=O) groups excluding carboxylic acids is 2. The van der Waals surface area contributed by atoms with Gasteiger partial charge in [-0.2, -0.15) is 13.2 Å². The minimum absolute atomic E-state index is 0.00337. The average Bonchev–Trinajstić information content (AvgIpc) is 2.69. The van der Waals surface area contributed by atoms with Gasteiger partial charge in [0.15, 0.2) is 0 Å². The van der Waals surface area contributed by atoms with Crippen LogP contribution in [0, 0.1) is 0 Å². The molecule has 0 aliphatic heterocycles. The highest BCUT2D eigenvalue weighted by Crippen LogP contribution is 2.29. The second kappa shape index (κ2) is 9.63. The van der Waals surface area contributed by atoms with Crippen LogP contribution in [0.4, 0.5) is 13.2 Å². The molecule has 0 radical (unpaired) electrons. The van der Waals surface area contributed by atoms with E-state index in [2.05, 4.69) is 5.32 Å². The number of hydrogen-bond acceptors (Lipinski definition) is 5. The lowest BCUT2D eigenvalue weighted by Crippen LogP contribution is -2.31. The lowest BCUT2D eigenvalue weighted by molar-refractivity contribution is -0.143. The standard InChI is InChI=1S/C19H18F3NO5/c1-26-15-6-8-16(9-7-15)27-10-11-28-17(24)12-23-18(25)13-2-4-14(5-3-13)19(20,21)22/h2-9H,10-12H2,1H3,(H,23,25). The van der Waals surface area contributed by atoms with E-state index in [0.717, 1.165) is 24.3 Å². The first-order valence-corrected chi connectivity index (χ1v) is 8.17. The van der Waals surface area contributed by atoms with Crippen molar-refractivity contribution in [2.45, 2.75) is 6.18 Å². The van der Waals surface area contributed by atoms with Crippen LogP contribution in [0.25, 0.3) is 0 Å². The summed E-state index contributed by atoms with van der Waals surface area (Å²) in [6, 6.07) is 10.5. The average molecular weight is 397 g/mol. The van der Waals surface area contributed by atoms with Crippen LogP contribution in [0.1, 0.15) is 15.9 Å². The Morgan fingerprint density at radius 3 is 2.11 bits per heavy atom.